The summed E-state index contributed by atoms with van der Waals surface area (Å²) in [6, 6.07) is 9.99. The molecule has 1 aromatic heterocycles. The van der Waals surface area contributed by atoms with Crippen LogP contribution in [-0.4, -0.2) is 41.5 Å². The predicted molar refractivity (Wildman–Crippen MR) is 141 cm³/mol. The molecule has 0 spiro atoms. The Bertz CT molecular complexity index is 1490. The van der Waals surface area contributed by atoms with Crippen molar-refractivity contribution >= 4 is 33.5 Å². The number of benzene rings is 2. The Balaban J connectivity index is 1.78. The molecule has 0 saturated carbocycles. The first-order chi connectivity index (χ1) is 17.9. The third kappa shape index (κ3) is 5.09. The lowest BCUT2D eigenvalue weighted by Crippen LogP contribution is -2.45. The summed E-state index contributed by atoms with van der Waals surface area (Å²) in [6.07, 6.45) is 2.80. The standard InChI is InChI=1S/C28H29N3O6S/c1-17-13-18(2)20(4)27(19(17)3)38(35,36)30(16-22-7-6-12-29-15-22)25-14-26(33)31(28(25)34)23-8-10-24(11-9-23)37-21(5)32/h6-13,15,25H,14,16H2,1-5H3. The number of sulfonamides is 1. The highest BCUT2D eigenvalue weighted by Crippen LogP contribution is 2.34. The minimum atomic E-state index is -4.22. The van der Waals surface area contributed by atoms with Crippen LogP contribution in [0.5, 0.6) is 5.75 Å². The van der Waals surface area contributed by atoms with Crippen LogP contribution in [0.3, 0.4) is 0 Å². The van der Waals surface area contributed by atoms with Gasteiger partial charge in [0.2, 0.25) is 15.9 Å². The number of esters is 1. The number of anilines is 1. The molecule has 198 valence electrons. The molecule has 10 heteroatoms. The lowest BCUT2D eigenvalue weighted by atomic mass is 10.0. The molecule has 1 fully saturated rings. The third-order valence-electron chi connectivity index (χ3n) is 6.75. The van der Waals surface area contributed by atoms with Crippen molar-refractivity contribution in [3.63, 3.8) is 0 Å². The number of imide groups is 1. The molecule has 0 radical (unpaired) electrons. The molecule has 1 atom stereocenters. The third-order valence-corrected chi connectivity index (χ3v) is 8.88. The molecule has 9 nitrogen and oxygen atoms in total. The van der Waals surface area contributed by atoms with Crippen LogP contribution < -0.4 is 9.64 Å². The quantitative estimate of drug-likeness (QED) is 0.257. The van der Waals surface area contributed by atoms with Gasteiger partial charge in [-0.2, -0.15) is 4.31 Å². The first-order valence-electron chi connectivity index (χ1n) is 12.0. The summed E-state index contributed by atoms with van der Waals surface area (Å²) < 4.78 is 34.7. The Labute approximate surface area is 222 Å². The normalized spacial score (nSPS) is 15.8. The number of aromatic nitrogens is 1. The highest BCUT2D eigenvalue weighted by molar-refractivity contribution is 7.89. The predicted octanol–water partition coefficient (Wildman–Crippen LogP) is 3.76. The van der Waals surface area contributed by atoms with Gasteiger partial charge in [-0.05, 0) is 85.8 Å². The van der Waals surface area contributed by atoms with Gasteiger partial charge in [0.25, 0.3) is 5.91 Å². The van der Waals surface area contributed by atoms with Crippen molar-refractivity contribution in [3.8, 4) is 5.75 Å². The van der Waals surface area contributed by atoms with Gasteiger partial charge in [0.1, 0.15) is 11.8 Å². The van der Waals surface area contributed by atoms with Gasteiger partial charge < -0.3 is 4.74 Å². The van der Waals surface area contributed by atoms with Gasteiger partial charge in [-0.1, -0.05) is 12.1 Å². The molecule has 1 aliphatic rings. The average Bonchev–Trinajstić information content (AvgIpc) is 3.15. The number of pyridine rings is 1. The van der Waals surface area contributed by atoms with E-state index in [2.05, 4.69) is 4.98 Å². The van der Waals surface area contributed by atoms with E-state index in [1.54, 1.807) is 32.2 Å². The largest absolute Gasteiger partial charge is 0.427 e. The van der Waals surface area contributed by atoms with Crippen LogP contribution in [0.2, 0.25) is 0 Å². The van der Waals surface area contributed by atoms with E-state index >= 15 is 0 Å². The summed E-state index contributed by atoms with van der Waals surface area (Å²) in [7, 11) is -4.22. The van der Waals surface area contributed by atoms with E-state index in [0.29, 0.717) is 16.7 Å². The summed E-state index contributed by atoms with van der Waals surface area (Å²) in [5, 5.41) is 0. The van der Waals surface area contributed by atoms with E-state index in [4.69, 9.17) is 4.74 Å². The van der Waals surface area contributed by atoms with Gasteiger partial charge in [-0.25, -0.2) is 13.3 Å². The van der Waals surface area contributed by atoms with Crippen LogP contribution in [0.4, 0.5) is 5.69 Å². The van der Waals surface area contributed by atoms with Gasteiger partial charge in [-0.15, -0.1) is 0 Å². The van der Waals surface area contributed by atoms with Crippen molar-refractivity contribution in [3.05, 3.63) is 82.7 Å². The average molecular weight is 536 g/mol. The molecular weight excluding hydrogens is 506 g/mol. The van der Waals surface area contributed by atoms with E-state index in [1.165, 1.54) is 37.4 Å². The minimum Gasteiger partial charge on any atom is -0.427 e. The van der Waals surface area contributed by atoms with Crippen molar-refractivity contribution in [2.75, 3.05) is 4.90 Å². The Morgan fingerprint density at radius 3 is 2.24 bits per heavy atom. The second-order valence-electron chi connectivity index (χ2n) is 9.38. The fraction of sp³-hybridized carbons (Fsp3) is 0.286. The number of rotatable bonds is 7. The topological polar surface area (TPSA) is 114 Å². The Kier molecular flexibility index (Phi) is 7.48. The molecule has 1 saturated heterocycles. The van der Waals surface area contributed by atoms with Crippen LogP contribution in [-0.2, 0) is 31.0 Å². The van der Waals surface area contributed by atoms with E-state index < -0.39 is 33.8 Å². The van der Waals surface area contributed by atoms with E-state index in [0.717, 1.165) is 20.3 Å². The van der Waals surface area contributed by atoms with Gasteiger partial charge in [0, 0.05) is 25.9 Å². The fourth-order valence-corrected chi connectivity index (χ4v) is 6.81. The van der Waals surface area contributed by atoms with Crippen molar-refractivity contribution in [2.45, 2.75) is 58.5 Å². The Morgan fingerprint density at radius 2 is 1.68 bits per heavy atom. The zero-order valence-corrected chi connectivity index (χ0v) is 22.7. The van der Waals surface area contributed by atoms with Gasteiger partial charge in [0.05, 0.1) is 17.0 Å². The molecule has 2 aromatic carbocycles. The molecule has 4 rings (SSSR count). The summed E-state index contributed by atoms with van der Waals surface area (Å²) in [6.45, 7) is 8.31. The lowest BCUT2D eigenvalue weighted by Gasteiger charge is -2.29. The molecule has 2 amide bonds. The number of hydrogen-bond acceptors (Lipinski definition) is 7. The summed E-state index contributed by atoms with van der Waals surface area (Å²) in [4.78, 5) is 43.2. The van der Waals surface area contributed by atoms with E-state index in [9.17, 15) is 22.8 Å². The highest BCUT2D eigenvalue weighted by atomic mass is 32.2. The van der Waals surface area contributed by atoms with Crippen molar-refractivity contribution in [1.82, 2.24) is 9.29 Å². The summed E-state index contributed by atoms with van der Waals surface area (Å²) in [5.74, 6) is -1.42. The van der Waals surface area contributed by atoms with E-state index in [1.807, 2.05) is 19.9 Å². The number of carbonyl (C=O) groups is 3. The van der Waals surface area contributed by atoms with Crippen LogP contribution >= 0.6 is 0 Å². The number of amides is 2. The summed E-state index contributed by atoms with van der Waals surface area (Å²) >= 11 is 0. The minimum absolute atomic E-state index is 0.134. The monoisotopic (exact) mass is 535 g/mol. The van der Waals surface area contributed by atoms with Gasteiger partial charge >= 0.3 is 5.97 Å². The molecular formula is C28H29N3O6S. The molecule has 0 N–H and O–H groups in total. The van der Waals surface area contributed by atoms with Crippen LogP contribution in [0.1, 0.15) is 41.2 Å². The zero-order chi connectivity index (χ0) is 27.8. The van der Waals surface area contributed by atoms with Crippen molar-refractivity contribution in [1.29, 1.82) is 0 Å². The maximum atomic E-state index is 14.3. The second kappa shape index (κ2) is 10.5. The maximum absolute atomic E-state index is 14.3. The molecule has 3 aromatic rings. The number of hydrogen-bond donors (Lipinski definition) is 0. The van der Waals surface area contributed by atoms with Gasteiger partial charge in [-0.3, -0.25) is 19.4 Å². The molecule has 38 heavy (non-hydrogen) atoms. The lowest BCUT2D eigenvalue weighted by molar-refractivity contribution is -0.132. The molecule has 0 aliphatic carbocycles. The van der Waals surface area contributed by atoms with Crippen LogP contribution in [0, 0.1) is 27.7 Å². The number of nitrogens with zero attached hydrogens (tertiary/aromatic N) is 3. The number of aryl methyl sites for hydroxylation is 2. The van der Waals surface area contributed by atoms with Gasteiger partial charge in [0.15, 0.2) is 0 Å². The highest BCUT2D eigenvalue weighted by Gasteiger charge is 2.47. The fourth-order valence-electron chi connectivity index (χ4n) is 4.66. The molecule has 1 aliphatic heterocycles. The van der Waals surface area contributed by atoms with E-state index in [-0.39, 0.29) is 29.3 Å². The Hall–Kier alpha value is -3.89. The maximum Gasteiger partial charge on any atom is 0.308 e. The molecule has 2 heterocycles. The van der Waals surface area contributed by atoms with Crippen LogP contribution in [0.25, 0.3) is 0 Å². The molecule has 1 unspecified atom stereocenters. The number of ether oxygens (including phenoxy) is 1. The zero-order valence-electron chi connectivity index (χ0n) is 21.9. The smallest absolute Gasteiger partial charge is 0.308 e. The second-order valence-corrected chi connectivity index (χ2v) is 11.2. The molecule has 0 bridgehead atoms. The summed E-state index contributed by atoms with van der Waals surface area (Å²) in [5.41, 5.74) is 3.67. The first kappa shape index (κ1) is 27.2. The Morgan fingerprint density at radius 1 is 1.05 bits per heavy atom. The SMILES string of the molecule is CC(=O)Oc1ccc(N2C(=O)CC(N(Cc3cccnc3)S(=O)(=O)c3c(C)c(C)cc(C)c3C)C2=O)cc1. The number of carbonyl (C=O) groups excluding carboxylic acids is 3. The first-order valence-corrected chi connectivity index (χ1v) is 13.5. The van der Waals surface area contributed by atoms with Crippen LogP contribution in [0.15, 0.2) is 59.8 Å². The van der Waals surface area contributed by atoms with Crippen molar-refractivity contribution in [2.24, 2.45) is 0 Å². The van der Waals surface area contributed by atoms with Crippen molar-refractivity contribution < 1.29 is 27.5 Å².